The van der Waals surface area contributed by atoms with Crippen LogP contribution in [0.4, 0.5) is 20.2 Å². The lowest BCUT2D eigenvalue weighted by atomic mass is 10.0. The molecule has 1 aliphatic heterocycles. The van der Waals surface area contributed by atoms with Crippen LogP contribution in [0.25, 0.3) is 0 Å². The van der Waals surface area contributed by atoms with Gasteiger partial charge in [0.2, 0.25) is 11.8 Å². The molecule has 1 atom stereocenters. The second-order valence-electron chi connectivity index (χ2n) is 9.85. The molecule has 0 bridgehead atoms. The van der Waals surface area contributed by atoms with Crippen molar-refractivity contribution >= 4 is 35.0 Å². The molecule has 4 rings (SSSR count). The number of nitrogens with two attached hydrogens (primary N) is 1. The predicted molar refractivity (Wildman–Crippen MR) is 158 cm³/mol. The van der Waals surface area contributed by atoms with Gasteiger partial charge in [0.15, 0.2) is 18.1 Å². The summed E-state index contributed by atoms with van der Waals surface area (Å²) in [6.07, 6.45) is 0. The summed E-state index contributed by atoms with van der Waals surface area (Å²) in [6.45, 7) is 0.226. The highest BCUT2D eigenvalue weighted by molar-refractivity contribution is 5.96. The number of carboxylic acid groups (broad SMARTS) is 1. The van der Waals surface area contributed by atoms with Gasteiger partial charge in [0, 0.05) is 43.5 Å². The molecule has 0 radical (unpaired) electrons. The SMILES string of the molecule is COc1ccc(C(Nc2cccc(C(=N)N)c2)C(=O)NCC(=O)N2CCN(c3ccc(F)cc3F)CC2)cc1OCC(=O)O. The number of rotatable bonds is 12. The zero-order chi connectivity index (χ0) is 31.8. The Morgan fingerprint density at radius 2 is 1.77 bits per heavy atom. The molecule has 14 heteroatoms. The zero-order valence-electron chi connectivity index (χ0n) is 23.8. The van der Waals surface area contributed by atoms with Gasteiger partial charge in [-0.3, -0.25) is 15.0 Å². The summed E-state index contributed by atoms with van der Waals surface area (Å²) in [5.74, 6) is -3.31. The largest absolute Gasteiger partial charge is 0.493 e. The Bertz CT molecular complexity index is 1550. The van der Waals surface area contributed by atoms with Crippen LogP contribution in [0, 0.1) is 17.0 Å². The molecule has 3 aromatic rings. The summed E-state index contributed by atoms with van der Waals surface area (Å²) in [6, 6.07) is 13.4. The quantitative estimate of drug-likeness (QED) is 0.153. The topological polar surface area (TPSA) is 170 Å². The standard InChI is InChI=1S/C30H32F2N6O6/c1-43-24-8-5-18(14-25(24)44-17-27(40)41)28(36-21-4-2-3-19(13-21)29(33)34)30(42)35-16-26(39)38-11-9-37(10-12-38)23-7-6-20(31)15-22(23)32/h2-8,13-15,28,36H,9-12,16-17H2,1H3,(H3,33,34)(H,35,42)(H,40,41). The number of amidine groups is 1. The molecular weight excluding hydrogens is 578 g/mol. The lowest BCUT2D eigenvalue weighted by molar-refractivity contribution is -0.139. The highest BCUT2D eigenvalue weighted by Gasteiger charge is 2.26. The molecule has 1 unspecified atom stereocenters. The van der Waals surface area contributed by atoms with E-state index in [0.717, 1.165) is 6.07 Å². The van der Waals surface area contributed by atoms with Crippen molar-refractivity contribution < 1.29 is 37.7 Å². The first kappa shape index (κ1) is 31.5. The molecule has 0 aliphatic carbocycles. The van der Waals surface area contributed by atoms with E-state index in [4.69, 9.17) is 25.7 Å². The van der Waals surface area contributed by atoms with E-state index in [1.54, 1.807) is 40.1 Å². The Kier molecular flexibility index (Phi) is 10.2. The first-order valence-electron chi connectivity index (χ1n) is 13.5. The number of halogens is 2. The van der Waals surface area contributed by atoms with Gasteiger partial charge in [-0.2, -0.15) is 0 Å². The van der Waals surface area contributed by atoms with E-state index >= 15 is 0 Å². The maximum Gasteiger partial charge on any atom is 0.341 e. The van der Waals surface area contributed by atoms with Gasteiger partial charge in [0.25, 0.3) is 0 Å². The van der Waals surface area contributed by atoms with Crippen molar-refractivity contribution in [2.45, 2.75) is 6.04 Å². The summed E-state index contributed by atoms with van der Waals surface area (Å²) in [7, 11) is 1.39. The molecule has 0 saturated carbocycles. The van der Waals surface area contributed by atoms with Crippen LogP contribution < -0.4 is 30.7 Å². The Hall–Kier alpha value is -5.40. The number of nitrogens with zero attached hydrogens (tertiary/aromatic N) is 2. The maximum absolute atomic E-state index is 14.2. The molecule has 2 amide bonds. The number of hydrogen-bond acceptors (Lipinski definition) is 8. The number of nitrogens with one attached hydrogen (secondary N) is 3. The second kappa shape index (κ2) is 14.2. The molecule has 232 valence electrons. The van der Waals surface area contributed by atoms with Crippen molar-refractivity contribution in [3.05, 3.63) is 83.4 Å². The number of benzene rings is 3. The first-order chi connectivity index (χ1) is 21.0. The average Bonchev–Trinajstić information content (AvgIpc) is 3.01. The summed E-state index contributed by atoms with van der Waals surface area (Å²) in [5.41, 5.74) is 7.12. The Labute approximate surface area is 251 Å². The van der Waals surface area contributed by atoms with Gasteiger partial charge in [-0.05, 0) is 42.0 Å². The van der Waals surface area contributed by atoms with Gasteiger partial charge in [0.05, 0.1) is 19.3 Å². The molecule has 1 aliphatic rings. The Morgan fingerprint density at radius 3 is 2.43 bits per heavy atom. The van der Waals surface area contributed by atoms with Crippen molar-refractivity contribution in [3.63, 3.8) is 0 Å². The van der Waals surface area contributed by atoms with Gasteiger partial charge >= 0.3 is 5.97 Å². The third-order valence-electron chi connectivity index (χ3n) is 6.92. The van der Waals surface area contributed by atoms with Crippen LogP contribution in [0.2, 0.25) is 0 Å². The van der Waals surface area contributed by atoms with Crippen LogP contribution >= 0.6 is 0 Å². The van der Waals surface area contributed by atoms with E-state index < -0.39 is 36.2 Å². The molecule has 1 saturated heterocycles. The molecule has 12 nitrogen and oxygen atoms in total. The normalized spacial score (nSPS) is 13.5. The number of carbonyl (C=O) groups is 3. The molecule has 6 N–H and O–H groups in total. The minimum atomic E-state index is -1.20. The van der Waals surface area contributed by atoms with Gasteiger partial charge in [-0.25, -0.2) is 13.6 Å². The van der Waals surface area contributed by atoms with Gasteiger partial charge < -0.3 is 40.7 Å². The lowest BCUT2D eigenvalue weighted by Crippen LogP contribution is -2.51. The number of aliphatic carboxylic acids is 1. The van der Waals surface area contributed by atoms with E-state index in [9.17, 15) is 23.2 Å². The summed E-state index contributed by atoms with van der Waals surface area (Å²) in [5, 5.41) is 22.5. The lowest BCUT2D eigenvalue weighted by Gasteiger charge is -2.36. The van der Waals surface area contributed by atoms with Gasteiger partial charge in [-0.1, -0.05) is 18.2 Å². The second-order valence-corrected chi connectivity index (χ2v) is 9.85. The van der Waals surface area contributed by atoms with Crippen molar-refractivity contribution in [3.8, 4) is 11.5 Å². The van der Waals surface area contributed by atoms with Crippen molar-refractivity contribution in [2.75, 3.05) is 56.7 Å². The molecule has 0 aromatic heterocycles. The van der Waals surface area contributed by atoms with Gasteiger partial charge in [0.1, 0.15) is 23.5 Å². The van der Waals surface area contributed by atoms with Crippen LogP contribution in [-0.4, -0.2) is 80.1 Å². The van der Waals surface area contributed by atoms with E-state index in [-0.39, 0.29) is 48.6 Å². The monoisotopic (exact) mass is 610 g/mol. The van der Waals surface area contributed by atoms with Crippen molar-refractivity contribution in [1.82, 2.24) is 10.2 Å². The molecule has 44 heavy (non-hydrogen) atoms. The highest BCUT2D eigenvalue weighted by atomic mass is 19.1. The molecule has 1 heterocycles. The molecule has 0 spiro atoms. The van der Waals surface area contributed by atoms with E-state index in [0.29, 0.717) is 29.9 Å². The third-order valence-corrected chi connectivity index (χ3v) is 6.92. The maximum atomic E-state index is 14.2. The smallest absolute Gasteiger partial charge is 0.341 e. The van der Waals surface area contributed by atoms with E-state index in [1.165, 1.54) is 31.4 Å². The van der Waals surface area contributed by atoms with Crippen molar-refractivity contribution in [1.29, 1.82) is 5.41 Å². The molecular formula is C30H32F2N6O6. The number of nitrogen functional groups attached to an aromatic ring is 1. The predicted octanol–water partition coefficient (Wildman–Crippen LogP) is 2.34. The number of piperazine rings is 1. The Morgan fingerprint density at radius 1 is 1.02 bits per heavy atom. The number of carboxylic acids is 1. The first-order valence-corrected chi connectivity index (χ1v) is 13.5. The van der Waals surface area contributed by atoms with E-state index in [1.807, 2.05) is 0 Å². The average molecular weight is 611 g/mol. The number of ether oxygens (including phenoxy) is 2. The van der Waals surface area contributed by atoms with Crippen LogP contribution in [0.15, 0.2) is 60.7 Å². The fourth-order valence-corrected chi connectivity index (χ4v) is 4.68. The van der Waals surface area contributed by atoms with E-state index in [2.05, 4.69) is 10.6 Å². The summed E-state index contributed by atoms with van der Waals surface area (Å²) >= 11 is 0. The molecule has 1 fully saturated rings. The number of amides is 2. The fourth-order valence-electron chi connectivity index (χ4n) is 4.68. The van der Waals surface area contributed by atoms with Crippen LogP contribution in [0.5, 0.6) is 11.5 Å². The van der Waals surface area contributed by atoms with Gasteiger partial charge in [-0.15, -0.1) is 0 Å². The number of carbonyl (C=O) groups excluding carboxylic acids is 2. The summed E-state index contributed by atoms with van der Waals surface area (Å²) < 4.78 is 38.1. The minimum absolute atomic E-state index is 0.0935. The fraction of sp³-hybridized carbons (Fsp3) is 0.267. The highest BCUT2D eigenvalue weighted by Crippen LogP contribution is 2.32. The minimum Gasteiger partial charge on any atom is -0.493 e. The van der Waals surface area contributed by atoms with Crippen LogP contribution in [0.3, 0.4) is 0 Å². The number of methoxy groups -OCH3 is 1. The summed E-state index contributed by atoms with van der Waals surface area (Å²) in [4.78, 5) is 40.9. The van der Waals surface area contributed by atoms with Crippen LogP contribution in [-0.2, 0) is 14.4 Å². The third kappa shape index (κ3) is 7.91. The van der Waals surface area contributed by atoms with Crippen molar-refractivity contribution in [2.24, 2.45) is 5.73 Å². The number of anilines is 2. The Balaban J connectivity index is 1.48. The number of hydrogen-bond donors (Lipinski definition) is 5. The molecule has 3 aromatic carbocycles. The zero-order valence-corrected chi connectivity index (χ0v) is 23.8. The van der Waals surface area contributed by atoms with Crippen LogP contribution in [0.1, 0.15) is 17.2 Å².